The number of primary amides is 1. The third-order valence-corrected chi connectivity index (χ3v) is 2.69. The molecule has 1 atom stereocenters. The number of aryl methyl sites for hydroxylation is 1. The molecule has 1 aromatic carbocycles. The summed E-state index contributed by atoms with van der Waals surface area (Å²) in [6.45, 7) is 4.30. The lowest BCUT2D eigenvalue weighted by Crippen LogP contribution is -2.38. The minimum Gasteiger partial charge on any atom is -0.368 e. The average Bonchev–Trinajstić information content (AvgIpc) is 2.19. The molecule has 4 heteroatoms. The van der Waals surface area contributed by atoms with E-state index in [4.69, 9.17) is 17.3 Å². The lowest BCUT2D eigenvalue weighted by molar-refractivity contribution is -0.119. The second kappa shape index (κ2) is 5.14. The minimum atomic E-state index is -0.347. The van der Waals surface area contributed by atoms with E-state index in [1.165, 1.54) is 0 Å². The lowest BCUT2D eigenvalue weighted by atomic mass is 10.1. The molecule has 0 radical (unpaired) electrons. The summed E-state index contributed by atoms with van der Waals surface area (Å²) in [5.74, 6) is -0.347. The SMILES string of the molecule is Cc1cc(CNC(C)C(N)=O)ccc1Cl. The third kappa shape index (κ3) is 3.53. The second-order valence-electron chi connectivity index (χ2n) is 3.59. The van der Waals surface area contributed by atoms with Crippen LogP contribution in [0.1, 0.15) is 18.1 Å². The van der Waals surface area contributed by atoms with Crippen molar-refractivity contribution in [2.75, 3.05) is 0 Å². The zero-order valence-electron chi connectivity index (χ0n) is 8.88. The molecule has 0 saturated heterocycles. The molecule has 0 saturated carbocycles. The van der Waals surface area contributed by atoms with Crippen molar-refractivity contribution in [3.05, 3.63) is 34.3 Å². The van der Waals surface area contributed by atoms with E-state index in [9.17, 15) is 4.79 Å². The molecule has 1 rings (SSSR count). The van der Waals surface area contributed by atoms with E-state index in [0.717, 1.165) is 16.1 Å². The topological polar surface area (TPSA) is 55.1 Å². The maximum absolute atomic E-state index is 10.8. The first-order valence-electron chi connectivity index (χ1n) is 4.78. The molecule has 0 bridgehead atoms. The molecule has 0 aliphatic heterocycles. The minimum absolute atomic E-state index is 0.319. The highest BCUT2D eigenvalue weighted by molar-refractivity contribution is 6.31. The van der Waals surface area contributed by atoms with Crippen molar-refractivity contribution in [3.63, 3.8) is 0 Å². The highest BCUT2D eigenvalue weighted by atomic mass is 35.5. The predicted octanol–water partition coefficient (Wildman–Crippen LogP) is 1.61. The van der Waals surface area contributed by atoms with Crippen molar-refractivity contribution in [2.24, 2.45) is 5.73 Å². The molecule has 0 spiro atoms. The van der Waals surface area contributed by atoms with E-state index in [2.05, 4.69) is 5.32 Å². The summed E-state index contributed by atoms with van der Waals surface area (Å²) in [6, 6.07) is 5.45. The zero-order valence-corrected chi connectivity index (χ0v) is 9.64. The summed E-state index contributed by atoms with van der Waals surface area (Å²) in [6.07, 6.45) is 0. The molecule has 1 aromatic rings. The van der Waals surface area contributed by atoms with E-state index < -0.39 is 0 Å². The fraction of sp³-hybridized carbons (Fsp3) is 0.364. The van der Waals surface area contributed by atoms with Crippen molar-refractivity contribution in [1.82, 2.24) is 5.32 Å². The van der Waals surface area contributed by atoms with Crippen molar-refractivity contribution < 1.29 is 4.79 Å². The van der Waals surface area contributed by atoms with Crippen LogP contribution in [0.3, 0.4) is 0 Å². The number of nitrogens with two attached hydrogens (primary N) is 1. The van der Waals surface area contributed by atoms with Crippen LogP contribution in [0.5, 0.6) is 0 Å². The van der Waals surface area contributed by atoms with E-state index in [0.29, 0.717) is 6.54 Å². The molecule has 3 nitrogen and oxygen atoms in total. The van der Waals surface area contributed by atoms with Gasteiger partial charge in [-0.25, -0.2) is 0 Å². The van der Waals surface area contributed by atoms with E-state index in [-0.39, 0.29) is 11.9 Å². The normalized spacial score (nSPS) is 12.5. The van der Waals surface area contributed by atoms with Crippen LogP contribution in [0.25, 0.3) is 0 Å². The maximum Gasteiger partial charge on any atom is 0.234 e. The molecule has 3 N–H and O–H groups in total. The highest BCUT2D eigenvalue weighted by Gasteiger charge is 2.07. The number of hydrogen-bond donors (Lipinski definition) is 2. The molecule has 0 fully saturated rings. The molecule has 15 heavy (non-hydrogen) atoms. The summed E-state index contributed by atoms with van der Waals surface area (Å²) in [7, 11) is 0. The van der Waals surface area contributed by atoms with Crippen molar-refractivity contribution >= 4 is 17.5 Å². The summed E-state index contributed by atoms with van der Waals surface area (Å²) >= 11 is 5.90. The molecule has 1 amide bonds. The van der Waals surface area contributed by atoms with Gasteiger partial charge in [-0.15, -0.1) is 0 Å². The van der Waals surface area contributed by atoms with Gasteiger partial charge in [0.25, 0.3) is 0 Å². The Kier molecular flexibility index (Phi) is 4.12. The van der Waals surface area contributed by atoms with E-state index >= 15 is 0 Å². The average molecular weight is 227 g/mol. The Bertz CT molecular complexity index is 366. The monoisotopic (exact) mass is 226 g/mol. The number of nitrogens with one attached hydrogen (secondary N) is 1. The molecule has 0 aliphatic rings. The van der Waals surface area contributed by atoms with Crippen LogP contribution in [0.15, 0.2) is 18.2 Å². The van der Waals surface area contributed by atoms with Gasteiger partial charge in [0.05, 0.1) is 6.04 Å². The molecular weight excluding hydrogens is 212 g/mol. The summed E-state index contributed by atoms with van der Waals surface area (Å²) in [5, 5.41) is 3.78. The summed E-state index contributed by atoms with van der Waals surface area (Å²) in [4.78, 5) is 10.8. The van der Waals surface area contributed by atoms with Crippen molar-refractivity contribution in [1.29, 1.82) is 0 Å². The van der Waals surface area contributed by atoms with Crippen molar-refractivity contribution in [3.8, 4) is 0 Å². The van der Waals surface area contributed by atoms with E-state index in [1.807, 2.05) is 25.1 Å². The van der Waals surface area contributed by atoms with Crippen LogP contribution >= 0.6 is 11.6 Å². The Morgan fingerprint density at radius 2 is 2.27 bits per heavy atom. The first-order valence-corrected chi connectivity index (χ1v) is 5.16. The van der Waals surface area contributed by atoms with Gasteiger partial charge in [0.2, 0.25) is 5.91 Å². The first-order chi connectivity index (χ1) is 7.00. The summed E-state index contributed by atoms with van der Waals surface area (Å²) in [5.41, 5.74) is 7.25. The van der Waals surface area contributed by atoms with Gasteiger partial charge in [0.15, 0.2) is 0 Å². The van der Waals surface area contributed by atoms with Gasteiger partial charge in [-0.3, -0.25) is 4.79 Å². The highest BCUT2D eigenvalue weighted by Crippen LogP contribution is 2.16. The summed E-state index contributed by atoms with van der Waals surface area (Å²) < 4.78 is 0. The van der Waals surface area contributed by atoms with E-state index in [1.54, 1.807) is 6.92 Å². The lowest BCUT2D eigenvalue weighted by Gasteiger charge is -2.10. The van der Waals surface area contributed by atoms with Crippen LogP contribution in [0.2, 0.25) is 5.02 Å². The van der Waals surface area contributed by atoms with Gasteiger partial charge in [-0.2, -0.15) is 0 Å². The standard InChI is InChI=1S/C11H15ClN2O/c1-7-5-9(3-4-10(7)12)6-14-8(2)11(13)15/h3-5,8,14H,6H2,1-2H3,(H2,13,15). The first kappa shape index (κ1) is 12.0. The quantitative estimate of drug-likeness (QED) is 0.820. The molecule has 0 aromatic heterocycles. The molecular formula is C11H15ClN2O. The second-order valence-corrected chi connectivity index (χ2v) is 4.00. The van der Waals surface area contributed by atoms with Gasteiger partial charge < -0.3 is 11.1 Å². The number of amides is 1. The van der Waals surface area contributed by atoms with Crippen LogP contribution < -0.4 is 11.1 Å². The molecule has 1 unspecified atom stereocenters. The Morgan fingerprint density at radius 3 is 2.80 bits per heavy atom. The number of halogens is 1. The van der Waals surface area contributed by atoms with Gasteiger partial charge in [-0.1, -0.05) is 23.7 Å². The Balaban J connectivity index is 2.58. The smallest absolute Gasteiger partial charge is 0.234 e. The van der Waals surface area contributed by atoms with Gasteiger partial charge in [0.1, 0.15) is 0 Å². The maximum atomic E-state index is 10.8. The Hall–Kier alpha value is -1.06. The van der Waals surface area contributed by atoms with Gasteiger partial charge >= 0.3 is 0 Å². The molecule has 0 aliphatic carbocycles. The molecule has 0 heterocycles. The number of carbonyl (C=O) groups is 1. The fourth-order valence-electron chi connectivity index (χ4n) is 1.19. The Labute approximate surface area is 94.6 Å². The largest absolute Gasteiger partial charge is 0.368 e. The number of carbonyl (C=O) groups excluding carboxylic acids is 1. The van der Waals surface area contributed by atoms with Crippen LogP contribution in [-0.2, 0) is 11.3 Å². The zero-order chi connectivity index (χ0) is 11.4. The predicted molar refractivity (Wildman–Crippen MR) is 61.7 cm³/mol. The van der Waals surface area contributed by atoms with Gasteiger partial charge in [0, 0.05) is 11.6 Å². The van der Waals surface area contributed by atoms with Crippen LogP contribution in [0, 0.1) is 6.92 Å². The van der Waals surface area contributed by atoms with Crippen LogP contribution in [0.4, 0.5) is 0 Å². The number of hydrogen-bond acceptors (Lipinski definition) is 2. The number of rotatable bonds is 4. The molecule has 82 valence electrons. The third-order valence-electron chi connectivity index (χ3n) is 2.26. The van der Waals surface area contributed by atoms with Gasteiger partial charge in [-0.05, 0) is 31.0 Å². The fourth-order valence-corrected chi connectivity index (χ4v) is 1.31. The van der Waals surface area contributed by atoms with Crippen LogP contribution in [-0.4, -0.2) is 11.9 Å². The number of benzene rings is 1. The Morgan fingerprint density at radius 1 is 1.60 bits per heavy atom. The van der Waals surface area contributed by atoms with Crippen molar-refractivity contribution in [2.45, 2.75) is 26.4 Å².